The minimum atomic E-state index is -0.544. The Morgan fingerprint density at radius 2 is 2.00 bits per heavy atom. The number of hydrogen-bond donors (Lipinski definition) is 2. The highest BCUT2D eigenvalue weighted by molar-refractivity contribution is 6.32. The van der Waals surface area contributed by atoms with Gasteiger partial charge in [-0.2, -0.15) is 5.10 Å². The second kappa shape index (κ2) is 5.86. The Bertz CT molecular complexity index is 671. The molecule has 0 bridgehead atoms. The van der Waals surface area contributed by atoms with Crippen molar-refractivity contribution in [2.75, 3.05) is 0 Å². The molecule has 1 fully saturated rings. The number of aromatic nitrogens is 2. The van der Waals surface area contributed by atoms with Crippen molar-refractivity contribution in [3.8, 4) is 0 Å². The van der Waals surface area contributed by atoms with Gasteiger partial charge in [0, 0.05) is 16.0 Å². The molecule has 1 atom stereocenters. The molecule has 120 valence electrons. The molecule has 4 heteroatoms. The first-order chi connectivity index (χ1) is 10.4. The van der Waals surface area contributed by atoms with Crippen LogP contribution >= 0.6 is 11.6 Å². The summed E-state index contributed by atoms with van der Waals surface area (Å²) in [4.78, 5) is 0. The Balaban J connectivity index is 2.05. The summed E-state index contributed by atoms with van der Waals surface area (Å²) in [5.74, 6) is 0.549. The predicted molar refractivity (Wildman–Crippen MR) is 91.2 cm³/mol. The van der Waals surface area contributed by atoms with E-state index >= 15 is 0 Å². The predicted octanol–water partition coefficient (Wildman–Crippen LogP) is 5.16. The highest BCUT2D eigenvalue weighted by Crippen LogP contribution is 2.48. The Labute approximate surface area is 137 Å². The molecule has 1 aliphatic carbocycles. The molecule has 0 aliphatic heterocycles. The molecular weight excluding hydrogens is 296 g/mol. The van der Waals surface area contributed by atoms with E-state index in [0.717, 1.165) is 22.0 Å². The molecule has 1 aromatic heterocycles. The van der Waals surface area contributed by atoms with E-state index in [9.17, 15) is 5.11 Å². The number of rotatable bonds is 3. The van der Waals surface area contributed by atoms with Crippen LogP contribution in [-0.4, -0.2) is 15.3 Å². The van der Waals surface area contributed by atoms with Crippen molar-refractivity contribution in [1.82, 2.24) is 10.2 Å². The molecule has 1 aliphatic rings. The molecule has 1 heterocycles. The van der Waals surface area contributed by atoms with Crippen LogP contribution in [0.5, 0.6) is 0 Å². The molecule has 22 heavy (non-hydrogen) atoms. The molecule has 1 unspecified atom stereocenters. The topological polar surface area (TPSA) is 48.9 Å². The average Bonchev–Trinajstić information content (AvgIpc) is 2.96. The SMILES string of the molecule is Cc1c(Cl)cc2cn[nH]c2c1C(O)C(C)(C)C1CCCCC1. The van der Waals surface area contributed by atoms with E-state index in [4.69, 9.17) is 11.6 Å². The van der Waals surface area contributed by atoms with Crippen LogP contribution in [0.25, 0.3) is 10.9 Å². The van der Waals surface area contributed by atoms with Gasteiger partial charge in [-0.25, -0.2) is 0 Å². The van der Waals surface area contributed by atoms with E-state index in [0.29, 0.717) is 10.9 Å². The van der Waals surface area contributed by atoms with Crippen LogP contribution in [0, 0.1) is 18.3 Å². The number of fused-ring (bicyclic) bond motifs is 1. The normalized spacial score (nSPS) is 18.8. The molecule has 0 spiro atoms. The van der Waals surface area contributed by atoms with Gasteiger partial charge >= 0.3 is 0 Å². The van der Waals surface area contributed by atoms with E-state index in [1.54, 1.807) is 6.20 Å². The molecule has 2 aromatic rings. The summed E-state index contributed by atoms with van der Waals surface area (Å²) in [6.07, 6.45) is 7.50. The van der Waals surface area contributed by atoms with Crippen molar-refractivity contribution in [2.45, 2.75) is 59.0 Å². The van der Waals surface area contributed by atoms with Crippen molar-refractivity contribution >= 4 is 22.5 Å². The molecule has 0 saturated heterocycles. The third-order valence-electron chi connectivity index (χ3n) is 5.62. The largest absolute Gasteiger partial charge is 0.388 e. The number of aromatic amines is 1. The van der Waals surface area contributed by atoms with Gasteiger partial charge in [0.1, 0.15) is 0 Å². The standard InChI is InChI=1S/C18H25ClN2O/c1-11-14(19)9-12-10-20-21-16(12)15(11)17(22)18(2,3)13-7-5-4-6-8-13/h9-10,13,17,22H,4-8H2,1-3H3,(H,20,21). The van der Waals surface area contributed by atoms with Gasteiger partial charge in [-0.05, 0) is 42.7 Å². The highest BCUT2D eigenvalue weighted by Gasteiger charge is 2.39. The van der Waals surface area contributed by atoms with E-state index in [-0.39, 0.29) is 5.41 Å². The third-order valence-corrected chi connectivity index (χ3v) is 6.01. The van der Waals surface area contributed by atoms with Crippen LogP contribution in [0.3, 0.4) is 0 Å². The fraction of sp³-hybridized carbons (Fsp3) is 0.611. The van der Waals surface area contributed by atoms with E-state index in [1.165, 1.54) is 32.1 Å². The molecular formula is C18H25ClN2O. The zero-order chi connectivity index (χ0) is 15.9. The number of halogens is 1. The Hall–Kier alpha value is -1.06. The quantitative estimate of drug-likeness (QED) is 0.820. The second-order valence-electron chi connectivity index (χ2n) is 7.29. The first-order valence-corrected chi connectivity index (χ1v) is 8.61. The van der Waals surface area contributed by atoms with Gasteiger partial charge in [0.15, 0.2) is 0 Å². The lowest BCUT2D eigenvalue weighted by molar-refractivity contribution is -0.00817. The third kappa shape index (κ3) is 2.55. The van der Waals surface area contributed by atoms with Crippen LogP contribution in [-0.2, 0) is 0 Å². The lowest BCUT2D eigenvalue weighted by Crippen LogP contribution is -2.33. The zero-order valence-electron chi connectivity index (χ0n) is 13.6. The Morgan fingerprint density at radius 3 is 2.68 bits per heavy atom. The lowest BCUT2D eigenvalue weighted by Gasteiger charge is -2.41. The Kier molecular flexibility index (Phi) is 4.21. The van der Waals surface area contributed by atoms with Crippen molar-refractivity contribution in [1.29, 1.82) is 0 Å². The van der Waals surface area contributed by atoms with Crippen LogP contribution < -0.4 is 0 Å². The van der Waals surface area contributed by atoms with Gasteiger partial charge in [0.25, 0.3) is 0 Å². The van der Waals surface area contributed by atoms with Crippen molar-refractivity contribution in [3.63, 3.8) is 0 Å². The number of nitrogens with one attached hydrogen (secondary N) is 1. The maximum Gasteiger partial charge on any atom is 0.0867 e. The number of aliphatic hydroxyl groups is 1. The molecule has 3 nitrogen and oxygen atoms in total. The average molecular weight is 321 g/mol. The Morgan fingerprint density at radius 1 is 1.32 bits per heavy atom. The molecule has 0 amide bonds. The summed E-state index contributed by atoms with van der Waals surface area (Å²) >= 11 is 6.38. The van der Waals surface area contributed by atoms with Gasteiger partial charge in [-0.3, -0.25) is 5.10 Å². The van der Waals surface area contributed by atoms with Crippen molar-refractivity contribution < 1.29 is 5.11 Å². The van der Waals surface area contributed by atoms with E-state index < -0.39 is 6.10 Å². The maximum absolute atomic E-state index is 11.2. The van der Waals surface area contributed by atoms with Crippen LogP contribution in [0.15, 0.2) is 12.3 Å². The molecule has 3 rings (SSSR count). The summed E-state index contributed by atoms with van der Waals surface area (Å²) in [6, 6.07) is 1.92. The first kappa shape index (κ1) is 15.8. The monoisotopic (exact) mass is 320 g/mol. The maximum atomic E-state index is 11.2. The molecule has 1 saturated carbocycles. The van der Waals surface area contributed by atoms with Gasteiger partial charge in [-0.15, -0.1) is 0 Å². The van der Waals surface area contributed by atoms with Crippen LogP contribution in [0.4, 0.5) is 0 Å². The van der Waals surface area contributed by atoms with Gasteiger partial charge < -0.3 is 5.11 Å². The minimum Gasteiger partial charge on any atom is -0.388 e. The van der Waals surface area contributed by atoms with Crippen LogP contribution in [0.1, 0.15) is 63.2 Å². The number of benzene rings is 1. The molecule has 2 N–H and O–H groups in total. The number of hydrogen-bond acceptors (Lipinski definition) is 2. The smallest absolute Gasteiger partial charge is 0.0867 e. The number of aliphatic hydroxyl groups excluding tert-OH is 1. The molecule has 1 aromatic carbocycles. The summed E-state index contributed by atoms with van der Waals surface area (Å²) in [5, 5.41) is 20.0. The van der Waals surface area contributed by atoms with Gasteiger partial charge in [0.05, 0.1) is 17.8 Å². The zero-order valence-corrected chi connectivity index (χ0v) is 14.4. The fourth-order valence-corrected chi connectivity index (χ4v) is 4.18. The number of H-pyrrole nitrogens is 1. The number of nitrogens with zero attached hydrogens (tertiary/aromatic N) is 1. The lowest BCUT2D eigenvalue weighted by atomic mass is 9.66. The van der Waals surface area contributed by atoms with Crippen LogP contribution in [0.2, 0.25) is 5.02 Å². The fourth-order valence-electron chi connectivity index (χ4n) is 3.97. The van der Waals surface area contributed by atoms with E-state index in [1.807, 2.05) is 13.0 Å². The first-order valence-electron chi connectivity index (χ1n) is 8.23. The van der Waals surface area contributed by atoms with E-state index in [2.05, 4.69) is 24.0 Å². The minimum absolute atomic E-state index is 0.173. The summed E-state index contributed by atoms with van der Waals surface area (Å²) in [5.41, 5.74) is 2.61. The van der Waals surface area contributed by atoms with Crippen molar-refractivity contribution in [3.05, 3.63) is 28.4 Å². The second-order valence-corrected chi connectivity index (χ2v) is 7.70. The van der Waals surface area contributed by atoms with Gasteiger partial charge in [0.2, 0.25) is 0 Å². The van der Waals surface area contributed by atoms with Crippen molar-refractivity contribution in [2.24, 2.45) is 11.3 Å². The summed E-state index contributed by atoms with van der Waals surface area (Å²) in [7, 11) is 0. The summed E-state index contributed by atoms with van der Waals surface area (Å²) in [6.45, 7) is 6.37. The highest BCUT2D eigenvalue weighted by atomic mass is 35.5. The molecule has 0 radical (unpaired) electrons. The van der Waals surface area contributed by atoms with Gasteiger partial charge in [-0.1, -0.05) is 44.7 Å². The summed E-state index contributed by atoms with van der Waals surface area (Å²) < 4.78 is 0.